The van der Waals surface area contributed by atoms with Crippen molar-refractivity contribution >= 4 is 17.5 Å². The predicted octanol–water partition coefficient (Wildman–Crippen LogP) is 2.83. The third-order valence-electron chi connectivity index (χ3n) is 4.21. The van der Waals surface area contributed by atoms with E-state index in [1.54, 1.807) is 24.1 Å². The van der Waals surface area contributed by atoms with Crippen molar-refractivity contribution in [2.45, 2.75) is 19.9 Å². The molecule has 27 heavy (non-hydrogen) atoms. The highest BCUT2D eigenvalue weighted by molar-refractivity contribution is 5.92. The van der Waals surface area contributed by atoms with E-state index in [1.807, 2.05) is 56.3 Å². The van der Waals surface area contributed by atoms with Crippen molar-refractivity contribution in [3.63, 3.8) is 0 Å². The zero-order valence-electron chi connectivity index (χ0n) is 16.1. The van der Waals surface area contributed by atoms with Gasteiger partial charge in [0.2, 0.25) is 11.8 Å². The maximum atomic E-state index is 12.3. The molecule has 6 heteroatoms. The number of hydrogen-bond donors (Lipinski definition) is 2. The summed E-state index contributed by atoms with van der Waals surface area (Å²) in [5.41, 5.74) is 1.71. The Morgan fingerprint density at radius 3 is 2.41 bits per heavy atom. The highest BCUT2D eigenvalue weighted by Crippen LogP contribution is 2.16. The molecule has 0 aliphatic carbocycles. The molecule has 0 bridgehead atoms. The van der Waals surface area contributed by atoms with Crippen LogP contribution in [0.1, 0.15) is 25.5 Å². The minimum absolute atomic E-state index is 0.0805. The first-order chi connectivity index (χ1) is 13.0. The Kier molecular flexibility index (Phi) is 7.82. The summed E-state index contributed by atoms with van der Waals surface area (Å²) in [6.07, 6.45) is 0. The smallest absolute Gasteiger partial charge is 0.238 e. The summed E-state index contributed by atoms with van der Waals surface area (Å²) in [6, 6.07) is 16.9. The molecular weight excluding hydrogens is 342 g/mol. The van der Waals surface area contributed by atoms with Gasteiger partial charge in [0, 0.05) is 11.8 Å². The van der Waals surface area contributed by atoms with E-state index in [4.69, 9.17) is 4.74 Å². The number of rotatable bonds is 9. The van der Waals surface area contributed by atoms with Crippen LogP contribution in [0.25, 0.3) is 0 Å². The Labute approximate surface area is 160 Å². The average Bonchev–Trinajstić information content (AvgIpc) is 2.68. The lowest BCUT2D eigenvalue weighted by Gasteiger charge is -2.21. The van der Waals surface area contributed by atoms with E-state index in [0.29, 0.717) is 18.0 Å². The molecule has 0 fully saturated rings. The molecule has 1 unspecified atom stereocenters. The number of methoxy groups -OCH3 is 1. The molecule has 2 amide bonds. The summed E-state index contributed by atoms with van der Waals surface area (Å²) >= 11 is 0. The van der Waals surface area contributed by atoms with Gasteiger partial charge in [-0.25, -0.2) is 0 Å². The van der Waals surface area contributed by atoms with Crippen LogP contribution in [0.4, 0.5) is 5.69 Å². The quantitative estimate of drug-likeness (QED) is 0.713. The minimum Gasteiger partial charge on any atom is -0.497 e. The molecule has 0 radical (unpaired) electrons. The van der Waals surface area contributed by atoms with Gasteiger partial charge < -0.3 is 15.4 Å². The zero-order chi connectivity index (χ0) is 19.6. The van der Waals surface area contributed by atoms with Crippen LogP contribution in [0, 0.1) is 0 Å². The van der Waals surface area contributed by atoms with Gasteiger partial charge in [0.15, 0.2) is 0 Å². The first kappa shape index (κ1) is 20.5. The molecule has 0 heterocycles. The van der Waals surface area contributed by atoms with Gasteiger partial charge >= 0.3 is 0 Å². The van der Waals surface area contributed by atoms with Crippen LogP contribution in [0.15, 0.2) is 54.6 Å². The molecule has 0 spiro atoms. The predicted molar refractivity (Wildman–Crippen MR) is 107 cm³/mol. The summed E-state index contributed by atoms with van der Waals surface area (Å²) in [6.45, 7) is 4.77. The molecule has 0 saturated carbocycles. The fraction of sp³-hybridized carbons (Fsp3) is 0.333. The lowest BCUT2D eigenvalue weighted by atomic mass is 10.1. The summed E-state index contributed by atoms with van der Waals surface area (Å²) in [5.74, 6) is 0.394. The van der Waals surface area contributed by atoms with Gasteiger partial charge in [-0.3, -0.25) is 14.5 Å². The zero-order valence-corrected chi connectivity index (χ0v) is 16.1. The van der Waals surface area contributed by atoms with Crippen LogP contribution in [0.5, 0.6) is 5.75 Å². The number of nitrogens with zero attached hydrogens (tertiary/aromatic N) is 1. The highest BCUT2D eigenvalue weighted by atomic mass is 16.5. The number of likely N-dealkylation sites (N-methyl/N-ethyl adjacent to an activating group) is 1. The van der Waals surface area contributed by atoms with Gasteiger partial charge in [0.05, 0.1) is 26.2 Å². The van der Waals surface area contributed by atoms with Crippen LogP contribution < -0.4 is 15.4 Å². The number of anilines is 1. The van der Waals surface area contributed by atoms with Crippen molar-refractivity contribution < 1.29 is 14.3 Å². The summed E-state index contributed by atoms with van der Waals surface area (Å²) in [7, 11) is 1.58. The SMILES string of the molecule is CCN(CC(=O)Nc1cccc(OC)c1)CC(=O)NC(C)c1ccccc1. The van der Waals surface area contributed by atoms with Gasteiger partial charge in [0.25, 0.3) is 0 Å². The van der Waals surface area contributed by atoms with Crippen LogP contribution in [-0.2, 0) is 9.59 Å². The number of amides is 2. The standard InChI is InChI=1S/C21H27N3O3/c1-4-24(14-20(25)22-16(2)17-9-6-5-7-10-17)15-21(26)23-18-11-8-12-19(13-18)27-3/h5-13,16H,4,14-15H2,1-3H3,(H,22,25)(H,23,26). The van der Waals surface area contributed by atoms with Gasteiger partial charge in [-0.05, 0) is 31.2 Å². The molecule has 6 nitrogen and oxygen atoms in total. The van der Waals surface area contributed by atoms with Gasteiger partial charge in [-0.15, -0.1) is 0 Å². The van der Waals surface area contributed by atoms with E-state index in [1.165, 1.54) is 0 Å². The maximum Gasteiger partial charge on any atom is 0.238 e. The second-order valence-corrected chi connectivity index (χ2v) is 6.28. The first-order valence-electron chi connectivity index (χ1n) is 9.02. The fourth-order valence-electron chi connectivity index (χ4n) is 2.70. The van der Waals surface area contributed by atoms with E-state index < -0.39 is 0 Å². The number of hydrogen-bond acceptors (Lipinski definition) is 4. The normalized spacial score (nSPS) is 11.7. The molecule has 0 aliphatic rings. The Morgan fingerprint density at radius 2 is 1.74 bits per heavy atom. The average molecular weight is 369 g/mol. The van der Waals surface area contributed by atoms with Crippen molar-refractivity contribution in [3.8, 4) is 5.75 Å². The van der Waals surface area contributed by atoms with Crippen molar-refractivity contribution in [2.24, 2.45) is 0 Å². The number of benzene rings is 2. The molecule has 2 aromatic carbocycles. The summed E-state index contributed by atoms with van der Waals surface area (Å²) in [5, 5.41) is 5.80. The lowest BCUT2D eigenvalue weighted by Crippen LogP contribution is -2.41. The molecule has 144 valence electrons. The number of carbonyl (C=O) groups is 2. The van der Waals surface area contributed by atoms with Crippen molar-refractivity contribution in [2.75, 3.05) is 32.1 Å². The third kappa shape index (κ3) is 6.75. The monoisotopic (exact) mass is 369 g/mol. The molecular formula is C21H27N3O3. The van der Waals surface area contributed by atoms with Crippen LogP contribution in [0.2, 0.25) is 0 Å². The van der Waals surface area contributed by atoms with Gasteiger partial charge in [-0.1, -0.05) is 43.3 Å². The number of nitrogens with one attached hydrogen (secondary N) is 2. The highest BCUT2D eigenvalue weighted by Gasteiger charge is 2.15. The molecule has 0 aromatic heterocycles. The first-order valence-corrected chi connectivity index (χ1v) is 9.02. The van der Waals surface area contributed by atoms with Crippen LogP contribution in [-0.4, -0.2) is 43.5 Å². The second-order valence-electron chi connectivity index (χ2n) is 6.28. The number of ether oxygens (including phenoxy) is 1. The lowest BCUT2D eigenvalue weighted by molar-refractivity contribution is -0.123. The molecule has 2 rings (SSSR count). The molecule has 2 N–H and O–H groups in total. The molecule has 1 atom stereocenters. The third-order valence-corrected chi connectivity index (χ3v) is 4.21. The Bertz CT molecular complexity index is 749. The molecule has 0 aliphatic heterocycles. The van der Waals surface area contributed by atoms with Crippen molar-refractivity contribution in [1.29, 1.82) is 0 Å². The summed E-state index contributed by atoms with van der Waals surface area (Å²) in [4.78, 5) is 26.4. The Morgan fingerprint density at radius 1 is 1.04 bits per heavy atom. The molecule has 2 aromatic rings. The number of carbonyl (C=O) groups excluding carboxylic acids is 2. The van der Waals surface area contributed by atoms with Crippen molar-refractivity contribution in [1.82, 2.24) is 10.2 Å². The fourth-order valence-corrected chi connectivity index (χ4v) is 2.70. The van der Waals surface area contributed by atoms with Crippen molar-refractivity contribution in [3.05, 3.63) is 60.2 Å². The maximum absolute atomic E-state index is 12.3. The van der Waals surface area contributed by atoms with E-state index in [9.17, 15) is 9.59 Å². The topological polar surface area (TPSA) is 70.7 Å². The van der Waals surface area contributed by atoms with E-state index in [-0.39, 0.29) is 30.9 Å². The second kappa shape index (κ2) is 10.3. The van der Waals surface area contributed by atoms with Crippen LogP contribution in [0.3, 0.4) is 0 Å². The Balaban J connectivity index is 1.84. The minimum atomic E-state index is -0.172. The van der Waals surface area contributed by atoms with Gasteiger partial charge in [-0.2, -0.15) is 0 Å². The summed E-state index contributed by atoms with van der Waals surface area (Å²) < 4.78 is 5.15. The molecule has 0 saturated heterocycles. The van der Waals surface area contributed by atoms with E-state index in [0.717, 1.165) is 5.56 Å². The van der Waals surface area contributed by atoms with E-state index in [2.05, 4.69) is 10.6 Å². The van der Waals surface area contributed by atoms with E-state index >= 15 is 0 Å². The Hall–Kier alpha value is -2.86. The largest absolute Gasteiger partial charge is 0.497 e. The van der Waals surface area contributed by atoms with Gasteiger partial charge in [0.1, 0.15) is 5.75 Å². The van der Waals surface area contributed by atoms with Crippen LogP contribution >= 0.6 is 0 Å².